The van der Waals surface area contributed by atoms with Gasteiger partial charge in [0.05, 0.1) is 18.3 Å². The standard InChI is InChI=1S/C18H24N4O5S/c1-12(18(19)25)4-5-16(24)21-8-6-14-17(21)15(23)10-22(14)28(26,27)11-13-3-2-7-20-9-13/h2-3,7,9,12,14,17H,4-6,8,10-11H2,1H3,(H2,19,25). The van der Waals surface area contributed by atoms with Gasteiger partial charge < -0.3 is 10.6 Å². The molecule has 2 saturated heterocycles. The molecule has 2 N–H and O–H groups in total. The number of hydrogen-bond donors (Lipinski definition) is 1. The minimum Gasteiger partial charge on any atom is -0.369 e. The van der Waals surface area contributed by atoms with Crippen LogP contribution in [0.15, 0.2) is 24.5 Å². The smallest absolute Gasteiger partial charge is 0.223 e. The Morgan fingerprint density at radius 1 is 1.39 bits per heavy atom. The molecule has 0 spiro atoms. The van der Waals surface area contributed by atoms with Crippen molar-refractivity contribution >= 4 is 27.6 Å². The summed E-state index contributed by atoms with van der Waals surface area (Å²) in [4.78, 5) is 41.6. The molecule has 0 bridgehead atoms. The van der Waals surface area contributed by atoms with Gasteiger partial charge in [-0.15, -0.1) is 0 Å². The van der Waals surface area contributed by atoms with E-state index in [0.29, 0.717) is 24.9 Å². The predicted octanol–water partition coefficient (Wildman–Crippen LogP) is -0.333. The Kier molecular flexibility index (Phi) is 5.80. The summed E-state index contributed by atoms with van der Waals surface area (Å²) < 4.78 is 26.9. The topological polar surface area (TPSA) is 131 Å². The van der Waals surface area contributed by atoms with Crippen LogP contribution >= 0.6 is 0 Å². The molecule has 3 atom stereocenters. The van der Waals surface area contributed by atoms with Crippen LogP contribution in [0.5, 0.6) is 0 Å². The fourth-order valence-electron chi connectivity index (χ4n) is 3.82. The molecule has 3 heterocycles. The van der Waals surface area contributed by atoms with Crippen molar-refractivity contribution in [3.63, 3.8) is 0 Å². The highest BCUT2D eigenvalue weighted by molar-refractivity contribution is 7.88. The van der Waals surface area contributed by atoms with E-state index >= 15 is 0 Å². The molecule has 0 saturated carbocycles. The summed E-state index contributed by atoms with van der Waals surface area (Å²) in [5.74, 6) is -1.66. The van der Waals surface area contributed by atoms with Gasteiger partial charge in [-0.05, 0) is 24.5 Å². The number of sulfonamides is 1. The molecule has 1 aromatic rings. The summed E-state index contributed by atoms with van der Waals surface area (Å²) >= 11 is 0. The van der Waals surface area contributed by atoms with Gasteiger partial charge in [0.15, 0.2) is 5.78 Å². The van der Waals surface area contributed by atoms with E-state index < -0.39 is 33.9 Å². The summed E-state index contributed by atoms with van der Waals surface area (Å²) in [6.45, 7) is 1.75. The largest absolute Gasteiger partial charge is 0.369 e. The van der Waals surface area contributed by atoms with Crippen molar-refractivity contribution in [3.05, 3.63) is 30.1 Å². The molecule has 0 radical (unpaired) electrons. The molecular weight excluding hydrogens is 384 g/mol. The maximum Gasteiger partial charge on any atom is 0.223 e. The number of aromatic nitrogens is 1. The summed E-state index contributed by atoms with van der Waals surface area (Å²) in [6.07, 6.45) is 3.87. The van der Waals surface area contributed by atoms with E-state index in [1.165, 1.54) is 15.4 Å². The minimum atomic E-state index is -3.71. The van der Waals surface area contributed by atoms with Gasteiger partial charge in [0, 0.05) is 31.3 Å². The number of rotatable bonds is 7. The molecule has 28 heavy (non-hydrogen) atoms. The second-order valence-corrected chi connectivity index (χ2v) is 9.28. The monoisotopic (exact) mass is 408 g/mol. The number of carbonyl (C=O) groups excluding carboxylic acids is 3. The van der Waals surface area contributed by atoms with Gasteiger partial charge in [0.2, 0.25) is 21.8 Å². The Bertz CT molecular complexity index is 873. The number of likely N-dealkylation sites (tertiary alicyclic amines) is 1. The highest BCUT2D eigenvalue weighted by atomic mass is 32.2. The third-order valence-electron chi connectivity index (χ3n) is 5.40. The molecular formula is C18H24N4O5S. The van der Waals surface area contributed by atoms with Crippen molar-refractivity contribution in [3.8, 4) is 0 Å². The Morgan fingerprint density at radius 2 is 2.14 bits per heavy atom. The van der Waals surface area contributed by atoms with E-state index in [4.69, 9.17) is 5.73 Å². The maximum absolute atomic E-state index is 12.8. The van der Waals surface area contributed by atoms with Gasteiger partial charge >= 0.3 is 0 Å². The minimum absolute atomic E-state index is 0.100. The third kappa shape index (κ3) is 4.07. The van der Waals surface area contributed by atoms with E-state index in [1.54, 1.807) is 25.3 Å². The van der Waals surface area contributed by atoms with Crippen molar-refractivity contribution in [2.45, 2.75) is 44.0 Å². The number of ketones is 1. The number of fused-ring (bicyclic) bond motifs is 1. The molecule has 1 aromatic heterocycles. The zero-order chi connectivity index (χ0) is 20.5. The van der Waals surface area contributed by atoms with Crippen molar-refractivity contribution in [2.75, 3.05) is 13.1 Å². The first-order valence-electron chi connectivity index (χ1n) is 9.20. The molecule has 2 amide bonds. The first-order chi connectivity index (χ1) is 13.2. The Hall–Kier alpha value is -2.33. The molecule has 10 heteroatoms. The number of carbonyl (C=O) groups is 3. The number of amides is 2. The van der Waals surface area contributed by atoms with Gasteiger partial charge in [0.1, 0.15) is 6.04 Å². The lowest BCUT2D eigenvalue weighted by Gasteiger charge is -2.24. The van der Waals surface area contributed by atoms with Crippen LogP contribution in [0.2, 0.25) is 0 Å². The van der Waals surface area contributed by atoms with E-state index in [1.807, 2.05) is 0 Å². The van der Waals surface area contributed by atoms with Gasteiger partial charge in [-0.25, -0.2) is 8.42 Å². The van der Waals surface area contributed by atoms with Crippen LogP contribution in [-0.4, -0.2) is 65.4 Å². The normalized spacial score (nSPS) is 23.6. The lowest BCUT2D eigenvalue weighted by atomic mass is 10.0. The van der Waals surface area contributed by atoms with Crippen molar-refractivity contribution < 1.29 is 22.8 Å². The van der Waals surface area contributed by atoms with Crippen LogP contribution in [0.25, 0.3) is 0 Å². The highest BCUT2D eigenvalue weighted by Crippen LogP contribution is 2.33. The Labute approximate surface area is 163 Å². The van der Waals surface area contributed by atoms with Gasteiger partial charge in [-0.2, -0.15) is 4.31 Å². The molecule has 152 valence electrons. The van der Waals surface area contributed by atoms with Crippen molar-refractivity contribution in [1.82, 2.24) is 14.2 Å². The SMILES string of the molecule is CC(CCC(=O)N1CCC2C1C(=O)CN2S(=O)(=O)Cc1cccnc1)C(N)=O. The first-order valence-corrected chi connectivity index (χ1v) is 10.8. The predicted molar refractivity (Wildman–Crippen MR) is 100 cm³/mol. The first kappa shape index (κ1) is 20.4. The third-order valence-corrected chi connectivity index (χ3v) is 7.22. The average molecular weight is 408 g/mol. The zero-order valence-corrected chi connectivity index (χ0v) is 16.5. The van der Waals surface area contributed by atoms with E-state index in [-0.39, 0.29) is 30.4 Å². The highest BCUT2D eigenvalue weighted by Gasteiger charge is 2.53. The van der Waals surface area contributed by atoms with Crippen molar-refractivity contribution in [1.29, 1.82) is 0 Å². The summed E-state index contributed by atoms with van der Waals surface area (Å²) in [7, 11) is -3.71. The fraction of sp³-hybridized carbons (Fsp3) is 0.556. The van der Waals surface area contributed by atoms with Gasteiger partial charge in [-0.1, -0.05) is 13.0 Å². The van der Waals surface area contributed by atoms with Crippen LogP contribution < -0.4 is 5.73 Å². The van der Waals surface area contributed by atoms with Crippen LogP contribution in [0.1, 0.15) is 31.7 Å². The quantitative estimate of drug-likeness (QED) is 0.657. The number of nitrogens with two attached hydrogens (primary N) is 1. The number of pyridine rings is 1. The lowest BCUT2D eigenvalue weighted by molar-refractivity contribution is -0.136. The molecule has 3 rings (SSSR count). The number of nitrogens with zero attached hydrogens (tertiary/aromatic N) is 3. The van der Waals surface area contributed by atoms with Gasteiger partial charge in [0.25, 0.3) is 0 Å². The van der Waals surface area contributed by atoms with Gasteiger partial charge in [-0.3, -0.25) is 19.4 Å². The molecule has 2 fully saturated rings. The van der Waals surface area contributed by atoms with Crippen LogP contribution in [0, 0.1) is 5.92 Å². The molecule has 2 aliphatic heterocycles. The van der Waals surface area contributed by atoms with Crippen molar-refractivity contribution in [2.24, 2.45) is 11.7 Å². The van der Waals surface area contributed by atoms with E-state index in [2.05, 4.69) is 4.98 Å². The van der Waals surface area contributed by atoms with Crippen LogP contribution in [0.4, 0.5) is 0 Å². The zero-order valence-electron chi connectivity index (χ0n) is 15.7. The molecule has 0 aromatic carbocycles. The second-order valence-electron chi connectivity index (χ2n) is 7.36. The summed E-state index contributed by atoms with van der Waals surface area (Å²) in [5.41, 5.74) is 5.76. The second kappa shape index (κ2) is 7.96. The number of hydrogen-bond acceptors (Lipinski definition) is 6. The Morgan fingerprint density at radius 3 is 2.79 bits per heavy atom. The number of primary amides is 1. The number of Topliss-reactive ketones (excluding diaryl/α,β-unsaturated/α-hetero) is 1. The molecule has 0 aliphatic carbocycles. The summed E-state index contributed by atoms with van der Waals surface area (Å²) in [6, 6.07) is 2.04. The molecule has 2 aliphatic rings. The van der Waals surface area contributed by atoms with Crippen LogP contribution in [0.3, 0.4) is 0 Å². The fourth-order valence-corrected chi connectivity index (χ4v) is 5.53. The molecule has 9 nitrogen and oxygen atoms in total. The van der Waals surface area contributed by atoms with Crippen LogP contribution in [-0.2, 0) is 30.2 Å². The maximum atomic E-state index is 12.8. The summed E-state index contributed by atoms with van der Waals surface area (Å²) in [5, 5.41) is 0. The molecule has 3 unspecified atom stereocenters. The lowest BCUT2D eigenvalue weighted by Crippen LogP contribution is -2.43. The van der Waals surface area contributed by atoms with E-state index in [0.717, 1.165) is 0 Å². The van der Waals surface area contributed by atoms with E-state index in [9.17, 15) is 22.8 Å². The Balaban J connectivity index is 1.69. The average Bonchev–Trinajstić information content (AvgIpc) is 3.21.